The number of hydrogen-bond acceptors (Lipinski definition) is 3. The molecule has 0 radical (unpaired) electrons. The molecule has 0 fully saturated rings. The maximum absolute atomic E-state index is 4.11. The van der Waals surface area contributed by atoms with Crippen LogP contribution in [-0.4, -0.2) is 16.0 Å². The largest absolute Gasteiger partial charge is 0.368 e. The lowest BCUT2D eigenvalue weighted by Gasteiger charge is -2.08. The number of nitrogens with zero attached hydrogens (tertiary/aromatic N) is 2. The quantitative estimate of drug-likeness (QED) is 0.742. The Kier molecular flexibility index (Phi) is 3.02. The zero-order valence-electron chi connectivity index (χ0n) is 7.83. The minimum Gasteiger partial charge on any atom is -0.368 e. The predicted octanol–water partition coefficient (Wildman–Crippen LogP) is 1.86. The maximum atomic E-state index is 4.11. The maximum Gasteiger partial charge on any atom is 0.129 e. The van der Waals surface area contributed by atoms with Gasteiger partial charge in [-0.15, -0.1) is 0 Å². The lowest BCUT2D eigenvalue weighted by molar-refractivity contribution is 0.880. The smallest absolute Gasteiger partial charge is 0.129 e. The van der Waals surface area contributed by atoms with Crippen LogP contribution >= 0.6 is 0 Å². The van der Waals surface area contributed by atoms with E-state index in [1.807, 2.05) is 6.07 Å². The van der Waals surface area contributed by atoms with Crippen molar-refractivity contribution in [1.82, 2.24) is 9.97 Å². The third-order valence-electron chi connectivity index (χ3n) is 1.52. The van der Waals surface area contributed by atoms with E-state index in [2.05, 4.69) is 36.1 Å². The summed E-state index contributed by atoms with van der Waals surface area (Å²) in [6, 6.07) is 2.41. The molecule has 0 amide bonds. The van der Waals surface area contributed by atoms with Gasteiger partial charge < -0.3 is 5.32 Å². The lowest BCUT2D eigenvalue weighted by Crippen LogP contribution is -2.11. The first-order valence-corrected chi connectivity index (χ1v) is 4.29. The molecule has 0 aromatic carbocycles. The zero-order valence-corrected chi connectivity index (χ0v) is 7.83. The molecular weight excluding hydrogens is 150 g/mol. The van der Waals surface area contributed by atoms with Crippen molar-refractivity contribution >= 4 is 5.82 Å². The van der Waals surface area contributed by atoms with E-state index in [1.54, 1.807) is 6.33 Å². The van der Waals surface area contributed by atoms with Gasteiger partial charge >= 0.3 is 0 Å². The Morgan fingerprint density at radius 1 is 1.42 bits per heavy atom. The fourth-order valence-corrected chi connectivity index (χ4v) is 0.966. The van der Waals surface area contributed by atoms with Crippen molar-refractivity contribution < 1.29 is 0 Å². The molecule has 1 N–H and O–H groups in total. The Bertz CT molecular complexity index is 245. The van der Waals surface area contributed by atoms with Gasteiger partial charge in [0, 0.05) is 17.8 Å². The summed E-state index contributed by atoms with van der Waals surface area (Å²) in [5.74, 6) is 0.914. The number of anilines is 1. The molecule has 0 spiro atoms. The summed E-state index contributed by atoms with van der Waals surface area (Å²) in [5.41, 5.74) is 1.08. The van der Waals surface area contributed by atoms with E-state index in [4.69, 9.17) is 0 Å². The van der Waals surface area contributed by atoms with Crippen molar-refractivity contribution in [2.24, 2.45) is 0 Å². The van der Waals surface area contributed by atoms with Gasteiger partial charge in [-0.1, -0.05) is 6.92 Å². The van der Waals surface area contributed by atoms with E-state index in [1.165, 1.54) is 0 Å². The molecule has 0 aliphatic carbocycles. The first-order valence-electron chi connectivity index (χ1n) is 4.29. The van der Waals surface area contributed by atoms with Crippen molar-refractivity contribution in [3.8, 4) is 0 Å². The molecule has 66 valence electrons. The number of nitrogens with one attached hydrogen (secondary N) is 1. The fraction of sp³-hybridized carbons (Fsp3) is 0.556. The molecule has 0 aliphatic heterocycles. The van der Waals surface area contributed by atoms with Crippen LogP contribution in [0.25, 0.3) is 0 Å². The highest BCUT2D eigenvalue weighted by Gasteiger charge is 1.97. The van der Waals surface area contributed by atoms with E-state index < -0.39 is 0 Å². The van der Waals surface area contributed by atoms with E-state index in [9.17, 15) is 0 Å². The van der Waals surface area contributed by atoms with E-state index >= 15 is 0 Å². The molecule has 3 heteroatoms. The number of aromatic nitrogens is 2. The van der Waals surface area contributed by atoms with Crippen LogP contribution in [0.4, 0.5) is 5.82 Å². The number of rotatable bonds is 3. The molecule has 1 heterocycles. The van der Waals surface area contributed by atoms with Crippen LogP contribution in [0.15, 0.2) is 12.4 Å². The Morgan fingerprint density at radius 2 is 2.17 bits per heavy atom. The minimum atomic E-state index is 0.421. The Labute approximate surface area is 73.2 Å². The molecule has 0 saturated carbocycles. The molecule has 3 nitrogen and oxygen atoms in total. The van der Waals surface area contributed by atoms with Gasteiger partial charge in [-0.2, -0.15) is 0 Å². The van der Waals surface area contributed by atoms with Gasteiger partial charge in [-0.05, 0) is 20.3 Å². The van der Waals surface area contributed by atoms with E-state index in [0.717, 1.165) is 17.9 Å². The highest BCUT2D eigenvalue weighted by atomic mass is 15.0. The summed E-state index contributed by atoms with van der Waals surface area (Å²) in [6.45, 7) is 6.27. The van der Waals surface area contributed by atoms with Crippen LogP contribution in [0, 0.1) is 0 Å². The molecule has 0 bridgehead atoms. The highest BCUT2D eigenvalue weighted by molar-refractivity contribution is 5.35. The summed E-state index contributed by atoms with van der Waals surface area (Å²) in [7, 11) is 0. The number of hydrogen-bond donors (Lipinski definition) is 1. The fourth-order valence-electron chi connectivity index (χ4n) is 0.966. The summed E-state index contributed by atoms with van der Waals surface area (Å²) in [5, 5.41) is 3.23. The molecule has 1 rings (SSSR count). The predicted molar refractivity (Wildman–Crippen MR) is 50.2 cm³/mol. The van der Waals surface area contributed by atoms with Crippen molar-refractivity contribution in [2.75, 3.05) is 5.32 Å². The average molecular weight is 165 g/mol. The SMILES string of the molecule is CCc1cc(NC(C)C)ncn1. The molecule has 0 saturated heterocycles. The van der Waals surface area contributed by atoms with Crippen LogP contribution in [0.5, 0.6) is 0 Å². The second kappa shape index (κ2) is 4.04. The van der Waals surface area contributed by atoms with Crippen molar-refractivity contribution in [3.63, 3.8) is 0 Å². The van der Waals surface area contributed by atoms with Gasteiger partial charge in [0.05, 0.1) is 0 Å². The summed E-state index contributed by atoms with van der Waals surface area (Å²) in [6.07, 6.45) is 2.55. The van der Waals surface area contributed by atoms with Gasteiger partial charge in [-0.3, -0.25) is 0 Å². The third-order valence-corrected chi connectivity index (χ3v) is 1.52. The van der Waals surface area contributed by atoms with Gasteiger partial charge in [-0.25, -0.2) is 9.97 Å². The molecule has 1 aromatic heterocycles. The molecule has 1 aromatic rings. The van der Waals surface area contributed by atoms with E-state index in [0.29, 0.717) is 6.04 Å². The number of aryl methyl sites for hydroxylation is 1. The first-order chi connectivity index (χ1) is 5.72. The third kappa shape index (κ3) is 2.49. The summed E-state index contributed by atoms with van der Waals surface area (Å²) < 4.78 is 0. The highest BCUT2D eigenvalue weighted by Crippen LogP contribution is 2.05. The van der Waals surface area contributed by atoms with Gasteiger partial charge in [0.15, 0.2) is 0 Å². The van der Waals surface area contributed by atoms with Crippen LogP contribution < -0.4 is 5.32 Å². The van der Waals surface area contributed by atoms with Crippen LogP contribution in [-0.2, 0) is 6.42 Å². The molecule has 0 atom stereocenters. The minimum absolute atomic E-state index is 0.421. The second-order valence-corrected chi connectivity index (χ2v) is 3.05. The summed E-state index contributed by atoms with van der Waals surface area (Å²) >= 11 is 0. The average Bonchev–Trinajstić information content (AvgIpc) is 2.03. The Morgan fingerprint density at radius 3 is 2.75 bits per heavy atom. The first kappa shape index (κ1) is 8.97. The van der Waals surface area contributed by atoms with E-state index in [-0.39, 0.29) is 0 Å². The Hall–Kier alpha value is -1.12. The van der Waals surface area contributed by atoms with Gasteiger partial charge in [0.25, 0.3) is 0 Å². The van der Waals surface area contributed by atoms with Gasteiger partial charge in [0.1, 0.15) is 12.1 Å². The topological polar surface area (TPSA) is 37.8 Å². The lowest BCUT2D eigenvalue weighted by atomic mass is 10.3. The van der Waals surface area contributed by atoms with Gasteiger partial charge in [0.2, 0.25) is 0 Å². The zero-order chi connectivity index (χ0) is 8.97. The standard InChI is InChI=1S/C9H15N3/c1-4-8-5-9(11-6-10-8)12-7(2)3/h5-7H,4H2,1-3H3,(H,10,11,12). The molecule has 0 unspecified atom stereocenters. The molecule has 12 heavy (non-hydrogen) atoms. The normalized spacial score (nSPS) is 10.3. The summed E-state index contributed by atoms with van der Waals surface area (Å²) in [4.78, 5) is 8.22. The van der Waals surface area contributed by atoms with Crippen LogP contribution in [0.2, 0.25) is 0 Å². The second-order valence-electron chi connectivity index (χ2n) is 3.05. The molecule has 0 aliphatic rings. The van der Waals surface area contributed by atoms with Crippen molar-refractivity contribution in [3.05, 3.63) is 18.1 Å². The van der Waals surface area contributed by atoms with Crippen LogP contribution in [0.3, 0.4) is 0 Å². The Balaban J connectivity index is 2.72. The monoisotopic (exact) mass is 165 g/mol. The van der Waals surface area contributed by atoms with Crippen LogP contribution in [0.1, 0.15) is 26.5 Å². The van der Waals surface area contributed by atoms with Crippen molar-refractivity contribution in [2.45, 2.75) is 33.2 Å². The molecular formula is C9H15N3. The van der Waals surface area contributed by atoms with Crippen molar-refractivity contribution in [1.29, 1.82) is 0 Å².